The van der Waals surface area contributed by atoms with Gasteiger partial charge in [-0.25, -0.2) is 4.57 Å². The number of hydrogen-bond acceptors (Lipinski definition) is 2. The first kappa shape index (κ1) is 15.0. The SMILES string of the molecule is CCCCCCC(C)OP=O.[Ni]. The zero-order valence-corrected chi connectivity index (χ0v) is 9.57. The van der Waals surface area contributed by atoms with Crippen LogP contribution >= 0.6 is 8.69 Å². The van der Waals surface area contributed by atoms with Gasteiger partial charge in [0.05, 0.1) is 6.10 Å². The molecule has 0 spiro atoms. The molecule has 0 aromatic carbocycles. The predicted octanol–water partition coefficient (Wildman–Crippen LogP) is 3.57. The quantitative estimate of drug-likeness (QED) is 0.383. The maximum Gasteiger partial charge on any atom is 0.327 e. The van der Waals surface area contributed by atoms with Gasteiger partial charge in [0, 0.05) is 16.5 Å². The summed E-state index contributed by atoms with van der Waals surface area (Å²) in [6, 6.07) is 0. The Bertz CT molecular complexity index is 101. The van der Waals surface area contributed by atoms with Crippen molar-refractivity contribution >= 4 is 8.69 Å². The van der Waals surface area contributed by atoms with Gasteiger partial charge in [0.1, 0.15) is 0 Å². The summed E-state index contributed by atoms with van der Waals surface area (Å²) in [4.78, 5) is 0. The van der Waals surface area contributed by atoms with Gasteiger partial charge in [0.15, 0.2) is 0 Å². The average Bonchev–Trinajstić information content (AvgIpc) is 1.99. The van der Waals surface area contributed by atoms with E-state index < -0.39 is 0 Å². The van der Waals surface area contributed by atoms with E-state index in [9.17, 15) is 4.57 Å². The fourth-order valence-corrected chi connectivity index (χ4v) is 1.24. The summed E-state index contributed by atoms with van der Waals surface area (Å²) in [5.74, 6) is 0. The molecule has 0 aliphatic rings. The van der Waals surface area contributed by atoms with Gasteiger partial charge in [-0.1, -0.05) is 32.6 Å². The number of unbranched alkanes of at least 4 members (excludes halogenated alkanes) is 3. The monoisotopic (exact) mass is 234 g/mol. The molecule has 0 saturated carbocycles. The van der Waals surface area contributed by atoms with Crippen molar-refractivity contribution in [3.63, 3.8) is 0 Å². The largest absolute Gasteiger partial charge is 0.327 e. The van der Waals surface area contributed by atoms with Gasteiger partial charge in [0.25, 0.3) is 0 Å². The Morgan fingerprint density at radius 2 is 2.00 bits per heavy atom. The standard InChI is InChI=1S/C8H17O2P.Ni/c1-3-4-5-6-7-8(2)10-11-9;/h8H,3-7H2,1-2H3;. The minimum Gasteiger partial charge on any atom is -0.291 e. The van der Waals surface area contributed by atoms with Gasteiger partial charge in [-0.15, -0.1) is 0 Å². The molecule has 0 N–H and O–H groups in total. The van der Waals surface area contributed by atoms with Gasteiger partial charge in [-0.3, -0.25) is 4.52 Å². The van der Waals surface area contributed by atoms with Crippen LogP contribution in [-0.4, -0.2) is 6.10 Å². The van der Waals surface area contributed by atoms with Crippen molar-refractivity contribution in [2.24, 2.45) is 0 Å². The molecular formula is C8H17NiO2P. The fraction of sp³-hybridized carbons (Fsp3) is 1.00. The zero-order chi connectivity index (χ0) is 8.53. The molecule has 0 radical (unpaired) electrons. The Morgan fingerprint density at radius 3 is 2.50 bits per heavy atom. The molecule has 0 aliphatic carbocycles. The second kappa shape index (κ2) is 11.6. The smallest absolute Gasteiger partial charge is 0.291 e. The van der Waals surface area contributed by atoms with Crippen LogP contribution in [-0.2, 0) is 25.6 Å². The third kappa shape index (κ3) is 10.6. The van der Waals surface area contributed by atoms with Crippen LogP contribution in [0.15, 0.2) is 0 Å². The van der Waals surface area contributed by atoms with Crippen molar-refractivity contribution < 1.29 is 25.6 Å². The Morgan fingerprint density at radius 1 is 1.33 bits per heavy atom. The van der Waals surface area contributed by atoms with Crippen molar-refractivity contribution in [1.29, 1.82) is 0 Å². The molecule has 0 rings (SSSR count). The van der Waals surface area contributed by atoms with Crippen LogP contribution < -0.4 is 0 Å². The Balaban J connectivity index is 0. The molecule has 0 aromatic rings. The predicted molar refractivity (Wildman–Crippen MR) is 46.9 cm³/mol. The van der Waals surface area contributed by atoms with E-state index in [-0.39, 0.29) is 31.3 Å². The third-order valence-corrected chi connectivity index (χ3v) is 2.13. The van der Waals surface area contributed by atoms with Gasteiger partial charge in [-0.05, 0) is 13.3 Å². The maximum absolute atomic E-state index is 9.98. The van der Waals surface area contributed by atoms with Crippen LogP contribution in [0.5, 0.6) is 0 Å². The minimum absolute atomic E-state index is 0. The van der Waals surface area contributed by atoms with E-state index >= 15 is 0 Å². The van der Waals surface area contributed by atoms with E-state index in [1.54, 1.807) is 0 Å². The summed E-state index contributed by atoms with van der Waals surface area (Å²) in [6.45, 7) is 4.15. The molecule has 2 nitrogen and oxygen atoms in total. The molecule has 0 saturated heterocycles. The molecule has 1 unspecified atom stereocenters. The van der Waals surface area contributed by atoms with Crippen molar-refractivity contribution in [1.82, 2.24) is 0 Å². The fourth-order valence-electron chi connectivity index (χ4n) is 0.985. The van der Waals surface area contributed by atoms with Crippen LogP contribution in [0.25, 0.3) is 0 Å². The van der Waals surface area contributed by atoms with Crippen LogP contribution in [0.3, 0.4) is 0 Å². The van der Waals surface area contributed by atoms with Crippen LogP contribution in [0.2, 0.25) is 0 Å². The molecule has 0 aromatic heterocycles. The second-order valence-electron chi connectivity index (χ2n) is 2.84. The first-order chi connectivity index (χ1) is 5.31. The molecule has 76 valence electrons. The van der Waals surface area contributed by atoms with E-state index in [4.69, 9.17) is 4.52 Å². The number of rotatable bonds is 7. The molecule has 0 bridgehead atoms. The first-order valence-electron chi connectivity index (χ1n) is 4.29. The summed E-state index contributed by atoms with van der Waals surface area (Å²) in [5.41, 5.74) is 0. The van der Waals surface area contributed by atoms with Crippen LogP contribution in [0.1, 0.15) is 46.0 Å². The van der Waals surface area contributed by atoms with Crippen molar-refractivity contribution in [3.05, 3.63) is 0 Å². The molecular weight excluding hydrogens is 218 g/mol. The number of hydrogen-bond donors (Lipinski definition) is 0. The van der Waals surface area contributed by atoms with Crippen LogP contribution in [0, 0.1) is 0 Å². The van der Waals surface area contributed by atoms with Crippen molar-refractivity contribution in [2.45, 2.75) is 52.1 Å². The summed E-state index contributed by atoms with van der Waals surface area (Å²) in [6.07, 6.45) is 6.17. The molecule has 1 atom stereocenters. The van der Waals surface area contributed by atoms with Gasteiger partial charge >= 0.3 is 8.69 Å². The topological polar surface area (TPSA) is 26.3 Å². The normalized spacial score (nSPS) is 12.5. The summed E-state index contributed by atoms with van der Waals surface area (Å²) in [7, 11) is -0.188. The van der Waals surface area contributed by atoms with E-state index in [0.717, 1.165) is 6.42 Å². The zero-order valence-electron chi connectivity index (χ0n) is 7.69. The molecule has 0 amide bonds. The summed E-state index contributed by atoms with van der Waals surface area (Å²) < 4.78 is 14.8. The molecule has 4 heteroatoms. The molecule has 0 fully saturated rings. The Hall–Kier alpha value is 0.554. The maximum atomic E-state index is 9.98. The van der Waals surface area contributed by atoms with Crippen LogP contribution in [0.4, 0.5) is 0 Å². The van der Waals surface area contributed by atoms with Gasteiger partial charge in [0.2, 0.25) is 0 Å². The minimum atomic E-state index is -0.188. The van der Waals surface area contributed by atoms with Crippen molar-refractivity contribution in [3.8, 4) is 0 Å². The molecule has 0 aliphatic heterocycles. The Kier molecular flexibility index (Phi) is 14.5. The first-order valence-corrected chi connectivity index (χ1v) is 5.02. The van der Waals surface area contributed by atoms with E-state index in [1.807, 2.05) is 6.92 Å². The van der Waals surface area contributed by atoms with E-state index in [2.05, 4.69) is 6.92 Å². The van der Waals surface area contributed by atoms with E-state index in [1.165, 1.54) is 25.7 Å². The third-order valence-electron chi connectivity index (χ3n) is 1.69. The Labute approximate surface area is 86.7 Å². The summed E-state index contributed by atoms with van der Waals surface area (Å²) in [5, 5.41) is 0. The molecule has 12 heavy (non-hydrogen) atoms. The summed E-state index contributed by atoms with van der Waals surface area (Å²) >= 11 is 0. The van der Waals surface area contributed by atoms with Gasteiger partial charge < -0.3 is 0 Å². The van der Waals surface area contributed by atoms with Crippen molar-refractivity contribution in [2.75, 3.05) is 0 Å². The van der Waals surface area contributed by atoms with E-state index in [0.29, 0.717) is 0 Å². The van der Waals surface area contributed by atoms with Gasteiger partial charge in [-0.2, -0.15) is 0 Å². The molecule has 0 heterocycles. The second-order valence-corrected chi connectivity index (χ2v) is 3.20. The average molecular weight is 235 g/mol.